The van der Waals surface area contributed by atoms with Crippen LogP contribution in [-0.4, -0.2) is 13.4 Å². The topological polar surface area (TPSA) is 49.9 Å². The zero-order valence-corrected chi connectivity index (χ0v) is 11.2. The summed E-state index contributed by atoms with van der Waals surface area (Å²) in [6, 6.07) is 14.0. The first-order valence-corrected chi connectivity index (χ1v) is 7.45. The van der Waals surface area contributed by atoms with Crippen LogP contribution in [0.5, 0.6) is 0 Å². The lowest BCUT2D eigenvalue weighted by Crippen LogP contribution is -2.02. The van der Waals surface area contributed by atoms with Crippen LogP contribution < -0.4 is 0 Å². The molecule has 3 aromatic rings. The van der Waals surface area contributed by atoms with Gasteiger partial charge in [0.25, 0.3) is 0 Å². The lowest BCUT2D eigenvalue weighted by Gasteiger charge is -2.06. The molecule has 0 aliphatic heterocycles. The molecule has 1 aromatic heterocycles. The van der Waals surface area contributed by atoms with E-state index in [4.69, 9.17) is 0 Å². The summed E-state index contributed by atoms with van der Waals surface area (Å²) in [7, 11) is -3.48. The molecule has 2 aromatic carbocycles. The highest BCUT2D eigenvalue weighted by Crippen LogP contribution is 2.28. The molecule has 0 spiro atoms. The van der Waals surface area contributed by atoms with Gasteiger partial charge in [-0.1, -0.05) is 18.2 Å². The van der Waals surface area contributed by atoms with Crippen LogP contribution in [0.25, 0.3) is 10.9 Å². The third kappa shape index (κ3) is 1.94. The Kier molecular flexibility index (Phi) is 2.68. The molecule has 3 nitrogen and oxygen atoms in total. The van der Waals surface area contributed by atoms with Gasteiger partial charge in [-0.05, 0) is 42.8 Å². The first kappa shape index (κ1) is 12.0. The van der Waals surface area contributed by atoms with Crippen LogP contribution in [-0.2, 0) is 9.84 Å². The number of aromatic nitrogens is 1. The highest BCUT2D eigenvalue weighted by Gasteiger charge is 2.20. The zero-order chi connectivity index (χ0) is 13.5. The van der Waals surface area contributed by atoms with Gasteiger partial charge in [-0.25, -0.2) is 8.42 Å². The van der Waals surface area contributed by atoms with Gasteiger partial charge in [0.15, 0.2) is 0 Å². The van der Waals surface area contributed by atoms with E-state index in [-0.39, 0.29) is 0 Å². The highest BCUT2D eigenvalue weighted by atomic mass is 32.2. The molecule has 1 heterocycles. The monoisotopic (exact) mass is 271 g/mol. The maximum absolute atomic E-state index is 12.7. The van der Waals surface area contributed by atoms with Crippen LogP contribution in [0.1, 0.15) is 5.56 Å². The summed E-state index contributed by atoms with van der Waals surface area (Å²) in [6.45, 7) is 1.88. The second kappa shape index (κ2) is 4.24. The summed E-state index contributed by atoms with van der Waals surface area (Å²) >= 11 is 0. The maximum atomic E-state index is 12.7. The average molecular weight is 271 g/mol. The van der Waals surface area contributed by atoms with Gasteiger partial charge < -0.3 is 4.98 Å². The fraction of sp³-hybridized carbons (Fsp3) is 0.0667. The fourth-order valence-electron chi connectivity index (χ4n) is 2.20. The number of benzene rings is 2. The van der Waals surface area contributed by atoms with Crippen molar-refractivity contribution in [3.05, 3.63) is 60.3 Å². The summed E-state index contributed by atoms with van der Waals surface area (Å²) in [6.07, 6.45) is 1.75. The van der Waals surface area contributed by atoms with Crippen molar-refractivity contribution in [2.75, 3.05) is 0 Å². The maximum Gasteiger partial charge on any atom is 0.207 e. The number of H-pyrrole nitrogens is 1. The van der Waals surface area contributed by atoms with Crippen molar-refractivity contribution >= 4 is 20.7 Å². The van der Waals surface area contributed by atoms with Crippen molar-refractivity contribution in [2.24, 2.45) is 0 Å². The van der Waals surface area contributed by atoms with Gasteiger partial charge in [0.05, 0.1) is 9.79 Å². The third-order valence-corrected chi connectivity index (χ3v) is 4.95. The second-order valence-electron chi connectivity index (χ2n) is 4.51. The Labute approximate surface area is 111 Å². The molecule has 0 unspecified atom stereocenters. The Balaban J connectivity index is 2.28. The number of aryl methyl sites for hydroxylation is 1. The van der Waals surface area contributed by atoms with E-state index < -0.39 is 9.84 Å². The Hall–Kier alpha value is -2.07. The largest absolute Gasteiger partial charge is 0.361 e. The predicted octanol–water partition coefficient (Wildman–Crippen LogP) is 3.31. The smallest absolute Gasteiger partial charge is 0.207 e. The van der Waals surface area contributed by atoms with E-state index >= 15 is 0 Å². The van der Waals surface area contributed by atoms with E-state index in [1.807, 2.05) is 19.1 Å². The van der Waals surface area contributed by atoms with Crippen LogP contribution >= 0.6 is 0 Å². The number of hydrogen-bond donors (Lipinski definition) is 1. The Morgan fingerprint density at radius 1 is 1.00 bits per heavy atom. The average Bonchev–Trinajstić information content (AvgIpc) is 2.86. The minimum atomic E-state index is -3.48. The van der Waals surface area contributed by atoms with E-state index in [2.05, 4.69) is 4.98 Å². The molecule has 0 radical (unpaired) electrons. The molecule has 0 saturated heterocycles. The summed E-state index contributed by atoms with van der Waals surface area (Å²) in [5, 5.41) is 0.726. The molecular formula is C15H13NO2S. The molecule has 4 heteroatoms. The van der Waals surface area contributed by atoms with Gasteiger partial charge in [-0.15, -0.1) is 0 Å². The molecule has 0 saturated carbocycles. The molecular weight excluding hydrogens is 258 g/mol. The van der Waals surface area contributed by atoms with Crippen LogP contribution in [0.3, 0.4) is 0 Å². The standard InChI is InChI=1S/C15H13NO2S/c1-11-4-2-5-12(10-11)19(17,18)15-7-3-6-14-13(15)8-9-16-14/h2-10,16H,1H3. The second-order valence-corrected chi connectivity index (χ2v) is 6.43. The number of rotatable bonds is 2. The molecule has 19 heavy (non-hydrogen) atoms. The van der Waals surface area contributed by atoms with Crippen LogP contribution in [0.4, 0.5) is 0 Å². The molecule has 1 N–H and O–H groups in total. The molecule has 0 atom stereocenters. The van der Waals surface area contributed by atoms with Crippen molar-refractivity contribution in [1.82, 2.24) is 4.98 Å². The van der Waals surface area contributed by atoms with Crippen LogP contribution in [0.15, 0.2) is 64.5 Å². The normalized spacial score (nSPS) is 11.8. The van der Waals surface area contributed by atoms with E-state index in [0.717, 1.165) is 16.5 Å². The number of fused-ring (bicyclic) bond motifs is 1. The number of hydrogen-bond acceptors (Lipinski definition) is 2. The van der Waals surface area contributed by atoms with Gasteiger partial charge in [-0.2, -0.15) is 0 Å². The summed E-state index contributed by atoms with van der Waals surface area (Å²) in [5.41, 5.74) is 1.76. The minimum absolute atomic E-state index is 0.334. The van der Waals surface area contributed by atoms with E-state index in [9.17, 15) is 8.42 Å². The van der Waals surface area contributed by atoms with Crippen LogP contribution in [0.2, 0.25) is 0 Å². The predicted molar refractivity (Wildman–Crippen MR) is 74.9 cm³/mol. The van der Waals surface area contributed by atoms with Gasteiger partial charge in [-0.3, -0.25) is 0 Å². The van der Waals surface area contributed by atoms with Gasteiger partial charge in [0.1, 0.15) is 0 Å². The quantitative estimate of drug-likeness (QED) is 0.777. The van der Waals surface area contributed by atoms with Crippen molar-refractivity contribution in [2.45, 2.75) is 16.7 Å². The Morgan fingerprint density at radius 3 is 2.58 bits per heavy atom. The lowest BCUT2D eigenvalue weighted by atomic mass is 10.2. The SMILES string of the molecule is Cc1cccc(S(=O)(=O)c2cccc3[nH]ccc23)c1. The van der Waals surface area contributed by atoms with Crippen molar-refractivity contribution < 1.29 is 8.42 Å². The Bertz CT molecular complexity index is 847. The number of sulfone groups is 1. The first-order valence-electron chi connectivity index (χ1n) is 5.97. The first-order chi connectivity index (χ1) is 9.09. The molecule has 0 aliphatic carbocycles. The number of nitrogens with one attached hydrogen (secondary N) is 1. The summed E-state index contributed by atoms with van der Waals surface area (Å²) in [4.78, 5) is 3.71. The van der Waals surface area contributed by atoms with Crippen molar-refractivity contribution in [3.63, 3.8) is 0 Å². The van der Waals surface area contributed by atoms with Crippen molar-refractivity contribution in [3.8, 4) is 0 Å². The highest BCUT2D eigenvalue weighted by molar-refractivity contribution is 7.91. The van der Waals surface area contributed by atoms with Gasteiger partial charge in [0, 0.05) is 17.1 Å². The molecule has 0 amide bonds. The molecule has 96 valence electrons. The zero-order valence-electron chi connectivity index (χ0n) is 10.4. The Morgan fingerprint density at radius 2 is 1.79 bits per heavy atom. The summed E-state index contributed by atoms with van der Waals surface area (Å²) in [5.74, 6) is 0. The summed E-state index contributed by atoms with van der Waals surface area (Å²) < 4.78 is 25.4. The molecule has 0 aliphatic rings. The van der Waals surface area contributed by atoms with E-state index in [1.165, 1.54) is 0 Å². The van der Waals surface area contributed by atoms with Crippen molar-refractivity contribution in [1.29, 1.82) is 0 Å². The van der Waals surface area contributed by atoms with E-state index in [1.54, 1.807) is 42.6 Å². The van der Waals surface area contributed by atoms with Crippen LogP contribution in [0, 0.1) is 6.92 Å². The lowest BCUT2D eigenvalue weighted by molar-refractivity contribution is 0.597. The fourth-order valence-corrected chi connectivity index (χ4v) is 3.78. The van der Waals surface area contributed by atoms with E-state index in [0.29, 0.717) is 9.79 Å². The third-order valence-electron chi connectivity index (χ3n) is 3.14. The molecule has 0 fully saturated rings. The molecule has 0 bridgehead atoms. The van der Waals surface area contributed by atoms with Gasteiger partial charge >= 0.3 is 0 Å². The minimum Gasteiger partial charge on any atom is -0.361 e. The number of aromatic amines is 1. The van der Waals surface area contributed by atoms with Gasteiger partial charge in [0.2, 0.25) is 9.84 Å². The molecule has 3 rings (SSSR count).